The summed E-state index contributed by atoms with van der Waals surface area (Å²) in [6.07, 6.45) is 6.41. The van der Waals surface area contributed by atoms with Crippen LogP contribution in [0.25, 0.3) is 0 Å². The normalized spacial score (nSPS) is 19.6. The summed E-state index contributed by atoms with van der Waals surface area (Å²) in [5.41, 5.74) is -0.425. The number of carbonyl (C=O) groups excluding carboxylic acids is 1. The van der Waals surface area contributed by atoms with Crippen LogP contribution in [0.4, 0.5) is 18.9 Å². The molecule has 1 aliphatic heterocycles. The van der Waals surface area contributed by atoms with Gasteiger partial charge in [0.25, 0.3) is 0 Å². The van der Waals surface area contributed by atoms with Gasteiger partial charge in [-0.1, -0.05) is 6.92 Å². The Labute approximate surface area is 173 Å². The number of piperidine rings is 1. The SMILES string of the molecule is CCNC(=NCC(=O)Nc1ccc(F)c(F)c1F)N1CCC(C)C(n2ccnc2)C1. The molecular weight excluding hydrogens is 397 g/mol. The lowest BCUT2D eigenvalue weighted by Gasteiger charge is -2.39. The lowest BCUT2D eigenvalue weighted by molar-refractivity contribution is -0.114. The van der Waals surface area contributed by atoms with Crippen LogP contribution in [0.1, 0.15) is 26.3 Å². The highest BCUT2D eigenvalue weighted by molar-refractivity contribution is 5.94. The molecule has 0 spiro atoms. The molecular formula is C20H25F3N6O. The van der Waals surface area contributed by atoms with E-state index < -0.39 is 29.0 Å². The average molecular weight is 422 g/mol. The van der Waals surface area contributed by atoms with Crippen LogP contribution in [0.5, 0.6) is 0 Å². The highest BCUT2D eigenvalue weighted by atomic mass is 19.2. The van der Waals surface area contributed by atoms with Crippen LogP contribution in [-0.4, -0.2) is 52.5 Å². The van der Waals surface area contributed by atoms with Crippen LogP contribution >= 0.6 is 0 Å². The first kappa shape index (κ1) is 21.7. The predicted octanol–water partition coefficient (Wildman–Crippen LogP) is 2.79. The third-order valence-corrected chi connectivity index (χ3v) is 5.14. The molecule has 2 unspecified atom stereocenters. The van der Waals surface area contributed by atoms with Crippen LogP contribution in [0.2, 0.25) is 0 Å². The standard InChI is InChI=1S/C20H25F3N6O/c1-3-25-20(28-8-6-13(2)16(11-28)29-9-7-24-12-29)26-10-17(30)27-15-5-4-14(21)18(22)19(15)23/h4-5,7,9,12-13,16H,3,6,8,10-11H2,1-2H3,(H,25,26)(H,27,30). The van der Waals surface area contributed by atoms with Crippen LogP contribution in [0, 0.1) is 23.4 Å². The van der Waals surface area contributed by atoms with Gasteiger partial charge in [-0.3, -0.25) is 4.79 Å². The molecule has 1 fully saturated rings. The number of guanidine groups is 1. The van der Waals surface area contributed by atoms with Crippen molar-refractivity contribution in [3.63, 3.8) is 0 Å². The van der Waals surface area contributed by atoms with E-state index in [9.17, 15) is 18.0 Å². The van der Waals surface area contributed by atoms with Gasteiger partial charge in [-0.15, -0.1) is 0 Å². The van der Waals surface area contributed by atoms with Crippen molar-refractivity contribution in [3.8, 4) is 0 Å². The number of aromatic nitrogens is 2. The molecule has 1 aliphatic rings. The largest absolute Gasteiger partial charge is 0.357 e. The Morgan fingerprint density at radius 1 is 1.30 bits per heavy atom. The number of carbonyl (C=O) groups is 1. The van der Waals surface area contributed by atoms with Gasteiger partial charge in [-0.05, 0) is 31.4 Å². The van der Waals surface area contributed by atoms with Crippen molar-refractivity contribution in [2.45, 2.75) is 26.3 Å². The number of benzene rings is 1. The van der Waals surface area contributed by atoms with Gasteiger partial charge in [0, 0.05) is 32.0 Å². The van der Waals surface area contributed by atoms with Crippen molar-refractivity contribution in [2.75, 3.05) is 31.5 Å². The highest BCUT2D eigenvalue weighted by Crippen LogP contribution is 2.27. The van der Waals surface area contributed by atoms with E-state index in [-0.39, 0.29) is 12.6 Å². The molecule has 2 N–H and O–H groups in total. The van der Waals surface area contributed by atoms with Gasteiger partial charge in [0.05, 0.1) is 18.1 Å². The van der Waals surface area contributed by atoms with Gasteiger partial charge in [0.2, 0.25) is 5.91 Å². The van der Waals surface area contributed by atoms with E-state index in [1.54, 1.807) is 12.5 Å². The lowest BCUT2D eigenvalue weighted by Crippen LogP contribution is -2.49. The second-order valence-corrected chi connectivity index (χ2v) is 7.23. The second-order valence-electron chi connectivity index (χ2n) is 7.23. The molecule has 0 bridgehead atoms. The molecule has 1 saturated heterocycles. The third kappa shape index (κ3) is 4.92. The fourth-order valence-electron chi connectivity index (χ4n) is 3.48. The number of anilines is 1. The first-order valence-corrected chi connectivity index (χ1v) is 9.84. The van der Waals surface area contributed by atoms with Crippen molar-refractivity contribution < 1.29 is 18.0 Å². The fraction of sp³-hybridized carbons (Fsp3) is 0.450. The summed E-state index contributed by atoms with van der Waals surface area (Å²) >= 11 is 0. The van der Waals surface area contributed by atoms with E-state index in [0.717, 1.165) is 25.1 Å². The summed E-state index contributed by atoms with van der Waals surface area (Å²) in [6.45, 7) is 5.91. The number of likely N-dealkylation sites (tertiary alicyclic amines) is 1. The molecule has 30 heavy (non-hydrogen) atoms. The van der Waals surface area contributed by atoms with Crippen LogP contribution in [0.15, 0.2) is 35.8 Å². The average Bonchev–Trinajstić information content (AvgIpc) is 3.27. The maximum Gasteiger partial charge on any atom is 0.246 e. The Kier molecular flexibility index (Phi) is 6.96. The minimum Gasteiger partial charge on any atom is -0.357 e. The van der Waals surface area contributed by atoms with Crippen molar-refractivity contribution in [3.05, 3.63) is 48.3 Å². The number of hydrogen-bond acceptors (Lipinski definition) is 3. The molecule has 162 valence electrons. The minimum atomic E-state index is -1.63. The maximum atomic E-state index is 13.8. The summed E-state index contributed by atoms with van der Waals surface area (Å²) in [7, 11) is 0. The van der Waals surface area contributed by atoms with Gasteiger partial charge in [0.15, 0.2) is 23.4 Å². The Hall–Kier alpha value is -3.04. The zero-order valence-corrected chi connectivity index (χ0v) is 16.9. The Bertz CT molecular complexity index is 902. The molecule has 1 aromatic heterocycles. The number of amides is 1. The molecule has 7 nitrogen and oxygen atoms in total. The van der Waals surface area contributed by atoms with Gasteiger partial charge in [0.1, 0.15) is 6.54 Å². The monoisotopic (exact) mass is 422 g/mol. The fourth-order valence-corrected chi connectivity index (χ4v) is 3.48. The van der Waals surface area contributed by atoms with Crippen LogP contribution in [-0.2, 0) is 4.79 Å². The molecule has 2 atom stereocenters. The molecule has 2 heterocycles. The minimum absolute atomic E-state index is 0.218. The highest BCUT2D eigenvalue weighted by Gasteiger charge is 2.29. The molecule has 1 aromatic carbocycles. The van der Waals surface area contributed by atoms with Crippen LogP contribution in [0.3, 0.4) is 0 Å². The number of nitrogens with zero attached hydrogens (tertiary/aromatic N) is 4. The zero-order valence-electron chi connectivity index (χ0n) is 16.9. The van der Waals surface area contributed by atoms with E-state index in [1.165, 1.54) is 0 Å². The van der Waals surface area contributed by atoms with Gasteiger partial charge in [-0.2, -0.15) is 0 Å². The van der Waals surface area contributed by atoms with Crippen molar-refractivity contribution in [2.24, 2.45) is 10.9 Å². The number of aliphatic imine (C=N–C) groups is 1. The quantitative estimate of drug-likeness (QED) is 0.442. The van der Waals surface area contributed by atoms with Gasteiger partial charge in [-0.25, -0.2) is 23.1 Å². The van der Waals surface area contributed by atoms with E-state index in [1.807, 2.05) is 13.1 Å². The van der Waals surface area contributed by atoms with Crippen molar-refractivity contribution in [1.82, 2.24) is 19.8 Å². The molecule has 0 aliphatic carbocycles. The Balaban J connectivity index is 1.68. The smallest absolute Gasteiger partial charge is 0.246 e. The maximum absolute atomic E-state index is 13.8. The molecule has 10 heteroatoms. The first-order chi connectivity index (χ1) is 14.4. The van der Waals surface area contributed by atoms with Crippen molar-refractivity contribution in [1.29, 1.82) is 0 Å². The lowest BCUT2D eigenvalue weighted by atomic mass is 9.93. The summed E-state index contributed by atoms with van der Waals surface area (Å²) in [6, 6.07) is 1.95. The number of nitrogens with one attached hydrogen (secondary N) is 2. The van der Waals surface area contributed by atoms with Gasteiger partial charge >= 0.3 is 0 Å². The zero-order chi connectivity index (χ0) is 21.7. The van der Waals surface area contributed by atoms with Crippen LogP contribution < -0.4 is 10.6 Å². The van der Waals surface area contributed by atoms with E-state index in [4.69, 9.17) is 0 Å². The predicted molar refractivity (Wildman–Crippen MR) is 108 cm³/mol. The van der Waals surface area contributed by atoms with E-state index >= 15 is 0 Å². The summed E-state index contributed by atoms with van der Waals surface area (Å²) < 4.78 is 42.2. The van der Waals surface area contributed by atoms with Crippen molar-refractivity contribution >= 4 is 17.6 Å². The number of hydrogen-bond donors (Lipinski definition) is 2. The molecule has 0 radical (unpaired) electrons. The van der Waals surface area contributed by atoms with E-state index in [0.29, 0.717) is 25.0 Å². The Morgan fingerprint density at radius 2 is 2.10 bits per heavy atom. The second kappa shape index (κ2) is 9.64. The summed E-state index contributed by atoms with van der Waals surface area (Å²) in [5.74, 6) is -3.99. The topological polar surface area (TPSA) is 74.6 Å². The molecule has 2 aromatic rings. The molecule has 3 rings (SSSR count). The third-order valence-electron chi connectivity index (χ3n) is 5.14. The summed E-state index contributed by atoms with van der Waals surface area (Å²) in [4.78, 5) is 22.7. The number of rotatable bonds is 5. The molecule has 0 saturated carbocycles. The first-order valence-electron chi connectivity index (χ1n) is 9.84. The number of halogens is 3. The number of imidazole rings is 1. The summed E-state index contributed by atoms with van der Waals surface area (Å²) in [5, 5.41) is 5.40. The van der Waals surface area contributed by atoms with E-state index in [2.05, 4.69) is 37.0 Å². The molecule has 1 amide bonds. The Morgan fingerprint density at radius 3 is 2.80 bits per heavy atom. The van der Waals surface area contributed by atoms with Gasteiger partial charge < -0.3 is 20.1 Å².